The third-order valence-corrected chi connectivity index (χ3v) is 3.67. The lowest BCUT2D eigenvalue weighted by Gasteiger charge is -2.20. The van der Waals surface area contributed by atoms with Gasteiger partial charge in [-0.3, -0.25) is 4.79 Å². The number of hydrogen-bond donors (Lipinski definition) is 1. The number of hydrogen-bond acceptors (Lipinski definition) is 2. The van der Waals surface area contributed by atoms with Crippen LogP contribution in [0.2, 0.25) is 0 Å². The number of para-hydroxylation sites is 1. The van der Waals surface area contributed by atoms with Crippen molar-refractivity contribution in [1.29, 1.82) is 0 Å². The summed E-state index contributed by atoms with van der Waals surface area (Å²) in [7, 11) is 0. The molecule has 3 nitrogen and oxygen atoms in total. The summed E-state index contributed by atoms with van der Waals surface area (Å²) in [6, 6.07) is 18.4. The predicted octanol–water partition coefficient (Wildman–Crippen LogP) is 2.68. The van der Waals surface area contributed by atoms with Gasteiger partial charge in [-0.2, -0.15) is 0 Å². The Balaban J connectivity index is 1.71. The molecule has 0 spiro atoms. The molecular formula is C17H18N2O. The molecule has 0 aliphatic carbocycles. The molecule has 1 N–H and O–H groups in total. The average molecular weight is 266 g/mol. The predicted molar refractivity (Wildman–Crippen MR) is 80.5 cm³/mol. The topological polar surface area (TPSA) is 32.3 Å². The number of anilines is 1. The largest absolute Gasteiger partial charge is 0.376 e. The van der Waals surface area contributed by atoms with Crippen molar-refractivity contribution in [2.75, 3.05) is 18.4 Å². The summed E-state index contributed by atoms with van der Waals surface area (Å²) in [6.45, 7) is 1.83. The Bertz CT molecular complexity index is 595. The van der Waals surface area contributed by atoms with Crippen molar-refractivity contribution in [2.45, 2.75) is 13.0 Å². The first-order valence-electron chi connectivity index (χ1n) is 6.96. The van der Waals surface area contributed by atoms with Crippen LogP contribution in [0.15, 0.2) is 54.6 Å². The van der Waals surface area contributed by atoms with Gasteiger partial charge in [0.1, 0.15) is 0 Å². The third-order valence-electron chi connectivity index (χ3n) is 3.67. The van der Waals surface area contributed by atoms with Gasteiger partial charge >= 0.3 is 0 Å². The van der Waals surface area contributed by atoms with E-state index in [1.54, 1.807) is 0 Å². The van der Waals surface area contributed by atoms with Crippen LogP contribution in [0.4, 0.5) is 5.69 Å². The molecule has 0 bridgehead atoms. The second-order valence-electron chi connectivity index (χ2n) is 5.06. The van der Waals surface area contributed by atoms with E-state index in [1.807, 2.05) is 41.3 Å². The lowest BCUT2D eigenvalue weighted by atomic mass is 10.1. The Morgan fingerprint density at radius 2 is 1.75 bits per heavy atom. The summed E-state index contributed by atoms with van der Waals surface area (Å²) in [5.41, 5.74) is 3.53. The van der Waals surface area contributed by atoms with Gasteiger partial charge in [-0.1, -0.05) is 48.5 Å². The fraction of sp³-hybridized carbons (Fsp3) is 0.235. The summed E-state index contributed by atoms with van der Waals surface area (Å²) >= 11 is 0. The zero-order chi connectivity index (χ0) is 13.8. The van der Waals surface area contributed by atoms with Crippen LogP contribution in [-0.2, 0) is 17.8 Å². The minimum Gasteiger partial charge on any atom is -0.376 e. The number of amides is 1. The van der Waals surface area contributed by atoms with Crippen molar-refractivity contribution in [3.05, 3.63) is 65.7 Å². The fourth-order valence-electron chi connectivity index (χ4n) is 2.52. The van der Waals surface area contributed by atoms with Crippen LogP contribution < -0.4 is 5.32 Å². The third kappa shape index (κ3) is 2.82. The molecule has 102 valence electrons. The van der Waals surface area contributed by atoms with Crippen molar-refractivity contribution >= 4 is 11.6 Å². The molecule has 0 atom stereocenters. The summed E-state index contributed by atoms with van der Waals surface area (Å²) < 4.78 is 0. The first-order chi connectivity index (χ1) is 9.83. The molecule has 2 aromatic rings. The number of rotatable bonds is 3. The van der Waals surface area contributed by atoms with E-state index in [2.05, 4.69) is 23.5 Å². The number of benzene rings is 2. The fourth-order valence-corrected chi connectivity index (χ4v) is 2.52. The molecule has 1 aliphatic heterocycles. The maximum Gasteiger partial charge on any atom is 0.242 e. The van der Waals surface area contributed by atoms with Gasteiger partial charge in [0.25, 0.3) is 0 Å². The van der Waals surface area contributed by atoms with Crippen molar-refractivity contribution in [3.63, 3.8) is 0 Å². The Kier molecular flexibility index (Phi) is 3.68. The molecule has 0 unspecified atom stereocenters. The van der Waals surface area contributed by atoms with Crippen LogP contribution in [0.3, 0.4) is 0 Å². The summed E-state index contributed by atoms with van der Waals surface area (Å²) in [5, 5.41) is 3.21. The van der Waals surface area contributed by atoms with E-state index in [-0.39, 0.29) is 5.91 Å². The normalized spacial score (nSPS) is 14.4. The zero-order valence-corrected chi connectivity index (χ0v) is 11.4. The van der Waals surface area contributed by atoms with Gasteiger partial charge in [0.05, 0.1) is 6.54 Å². The van der Waals surface area contributed by atoms with Gasteiger partial charge in [0, 0.05) is 18.8 Å². The van der Waals surface area contributed by atoms with E-state index in [9.17, 15) is 4.79 Å². The van der Waals surface area contributed by atoms with E-state index in [4.69, 9.17) is 0 Å². The van der Waals surface area contributed by atoms with Gasteiger partial charge in [-0.25, -0.2) is 0 Å². The van der Waals surface area contributed by atoms with Crippen LogP contribution in [-0.4, -0.2) is 23.9 Å². The monoisotopic (exact) mass is 266 g/mol. The summed E-state index contributed by atoms with van der Waals surface area (Å²) in [4.78, 5) is 14.1. The first-order valence-corrected chi connectivity index (χ1v) is 6.96. The average Bonchev–Trinajstić information content (AvgIpc) is 2.66. The highest BCUT2D eigenvalue weighted by atomic mass is 16.2. The molecule has 20 heavy (non-hydrogen) atoms. The van der Waals surface area contributed by atoms with Crippen molar-refractivity contribution in [3.8, 4) is 0 Å². The molecule has 3 heteroatoms. The van der Waals surface area contributed by atoms with Gasteiger partial charge < -0.3 is 10.2 Å². The van der Waals surface area contributed by atoms with Gasteiger partial charge in [0.2, 0.25) is 5.91 Å². The standard InChI is InChI=1S/C17H18N2O/c20-17-12-18-16-9-5-4-8-15(16)13-19(17)11-10-14-6-2-1-3-7-14/h1-9,18H,10-13H2. The quantitative estimate of drug-likeness (QED) is 0.926. The minimum absolute atomic E-state index is 0.164. The van der Waals surface area contributed by atoms with E-state index in [0.717, 1.165) is 18.7 Å². The molecule has 1 amide bonds. The van der Waals surface area contributed by atoms with Crippen LogP contribution in [0.1, 0.15) is 11.1 Å². The Morgan fingerprint density at radius 1 is 1.00 bits per heavy atom. The second-order valence-corrected chi connectivity index (χ2v) is 5.06. The SMILES string of the molecule is O=C1CNc2ccccc2CN1CCc1ccccc1. The van der Waals surface area contributed by atoms with Crippen LogP contribution >= 0.6 is 0 Å². The van der Waals surface area contributed by atoms with Crippen LogP contribution in [0, 0.1) is 0 Å². The zero-order valence-electron chi connectivity index (χ0n) is 11.4. The highest BCUT2D eigenvalue weighted by Crippen LogP contribution is 2.20. The molecule has 0 aromatic heterocycles. The van der Waals surface area contributed by atoms with Crippen molar-refractivity contribution in [1.82, 2.24) is 4.90 Å². The lowest BCUT2D eigenvalue weighted by Crippen LogP contribution is -2.34. The Hall–Kier alpha value is -2.29. The minimum atomic E-state index is 0.164. The number of carbonyl (C=O) groups is 1. The van der Waals surface area contributed by atoms with E-state index in [0.29, 0.717) is 13.1 Å². The Morgan fingerprint density at radius 3 is 2.60 bits per heavy atom. The number of nitrogens with one attached hydrogen (secondary N) is 1. The summed E-state index contributed by atoms with van der Waals surface area (Å²) in [6.07, 6.45) is 0.898. The van der Waals surface area contributed by atoms with Gasteiger partial charge in [-0.15, -0.1) is 0 Å². The molecule has 0 fully saturated rings. The van der Waals surface area contributed by atoms with Gasteiger partial charge in [-0.05, 0) is 23.6 Å². The molecule has 3 rings (SSSR count). The first kappa shape index (κ1) is 12.7. The second kappa shape index (κ2) is 5.78. The molecule has 2 aromatic carbocycles. The molecule has 0 saturated carbocycles. The number of fused-ring (bicyclic) bond motifs is 1. The van der Waals surface area contributed by atoms with Gasteiger partial charge in [0.15, 0.2) is 0 Å². The molecule has 1 heterocycles. The van der Waals surface area contributed by atoms with Crippen LogP contribution in [0.25, 0.3) is 0 Å². The van der Waals surface area contributed by atoms with Crippen molar-refractivity contribution < 1.29 is 4.79 Å². The molecule has 0 saturated heterocycles. The maximum atomic E-state index is 12.2. The molecular weight excluding hydrogens is 248 g/mol. The lowest BCUT2D eigenvalue weighted by molar-refractivity contribution is -0.129. The smallest absolute Gasteiger partial charge is 0.242 e. The Labute approximate surface area is 119 Å². The van der Waals surface area contributed by atoms with E-state index >= 15 is 0 Å². The highest BCUT2D eigenvalue weighted by molar-refractivity contribution is 5.82. The van der Waals surface area contributed by atoms with E-state index < -0.39 is 0 Å². The maximum absolute atomic E-state index is 12.2. The molecule has 0 radical (unpaired) electrons. The van der Waals surface area contributed by atoms with Crippen LogP contribution in [0.5, 0.6) is 0 Å². The number of carbonyl (C=O) groups excluding carboxylic acids is 1. The summed E-state index contributed by atoms with van der Waals surface area (Å²) in [5.74, 6) is 0.164. The number of nitrogens with zero attached hydrogens (tertiary/aromatic N) is 1. The molecule has 1 aliphatic rings. The highest BCUT2D eigenvalue weighted by Gasteiger charge is 2.19. The van der Waals surface area contributed by atoms with E-state index in [1.165, 1.54) is 11.1 Å². The van der Waals surface area contributed by atoms with Crippen molar-refractivity contribution in [2.24, 2.45) is 0 Å².